The van der Waals surface area contributed by atoms with Crippen molar-refractivity contribution in [2.45, 2.75) is 13.0 Å². The summed E-state index contributed by atoms with van der Waals surface area (Å²) >= 11 is 0. The lowest BCUT2D eigenvalue weighted by Gasteiger charge is -2.07. The maximum atomic E-state index is 10.6. The van der Waals surface area contributed by atoms with Gasteiger partial charge in [0.05, 0.1) is 12.5 Å². The van der Waals surface area contributed by atoms with Gasteiger partial charge in [-0.3, -0.25) is 4.79 Å². The molecule has 1 aromatic heterocycles. The lowest BCUT2D eigenvalue weighted by atomic mass is 10.2. The van der Waals surface area contributed by atoms with Gasteiger partial charge < -0.3 is 9.15 Å². The number of terminal acetylenes is 1. The maximum absolute atomic E-state index is 10.6. The predicted molar refractivity (Wildman–Crippen MR) is 42.0 cm³/mol. The molecule has 3 heteroatoms. The molecular weight excluding hydrogens is 156 g/mol. The van der Waals surface area contributed by atoms with Crippen molar-refractivity contribution in [3.63, 3.8) is 0 Å². The van der Waals surface area contributed by atoms with Crippen LogP contribution in [-0.2, 0) is 9.53 Å². The van der Waals surface area contributed by atoms with Crippen LogP contribution >= 0.6 is 0 Å². The Labute approximate surface area is 70.3 Å². The van der Waals surface area contributed by atoms with Gasteiger partial charge in [0.15, 0.2) is 6.10 Å². The zero-order valence-electron chi connectivity index (χ0n) is 6.61. The van der Waals surface area contributed by atoms with E-state index in [1.165, 1.54) is 19.5 Å². The predicted octanol–water partition coefficient (Wildman–Crippen LogP) is 1.52. The van der Waals surface area contributed by atoms with Gasteiger partial charge in [0.2, 0.25) is 0 Å². The summed E-state index contributed by atoms with van der Waals surface area (Å²) in [5, 5.41) is 0. The second kappa shape index (κ2) is 3.63. The lowest BCUT2D eigenvalue weighted by Crippen LogP contribution is -2.05. The van der Waals surface area contributed by atoms with Crippen molar-refractivity contribution in [3.05, 3.63) is 24.2 Å². The molecule has 0 saturated heterocycles. The molecule has 0 aromatic carbocycles. The van der Waals surface area contributed by atoms with Crippen LogP contribution in [0.2, 0.25) is 0 Å². The fourth-order valence-corrected chi connectivity index (χ4v) is 0.788. The normalized spacial score (nSPS) is 11.7. The molecule has 0 N–H and O–H groups in total. The Hall–Kier alpha value is -1.69. The quantitative estimate of drug-likeness (QED) is 0.491. The number of carbonyl (C=O) groups is 1. The minimum absolute atomic E-state index is 0.404. The smallest absolute Gasteiger partial charge is 0.304 e. The maximum Gasteiger partial charge on any atom is 0.304 e. The second-order valence-electron chi connectivity index (χ2n) is 2.21. The third-order valence-electron chi connectivity index (χ3n) is 1.28. The molecule has 0 aliphatic heterocycles. The molecule has 0 aliphatic carbocycles. The van der Waals surface area contributed by atoms with Gasteiger partial charge in [-0.25, -0.2) is 0 Å². The minimum atomic E-state index is -0.638. The second-order valence-corrected chi connectivity index (χ2v) is 2.21. The summed E-state index contributed by atoms with van der Waals surface area (Å²) in [4.78, 5) is 10.6. The summed E-state index contributed by atoms with van der Waals surface area (Å²) in [6.45, 7) is 1.31. The molecule has 0 bridgehead atoms. The number of rotatable bonds is 2. The third-order valence-corrected chi connectivity index (χ3v) is 1.28. The van der Waals surface area contributed by atoms with E-state index < -0.39 is 12.1 Å². The van der Waals surface area contributed by atoms with E-state index in [9.17, 15) is 4.79 Å². The Kier molecular flexibility index (Phi) is 2.54. The van der Waals surface area contributed by atoms with Gasteiger partial charge in [-0.05, 0) is 6.07 Å². The summed E-state index contributed by atoms with van der Waals surface area (Å²) in [5.41, 5.74) is 0.674. The minimum Gasteiger partial charge on any atom is -0.472 e. The van der Waals surface area contributed by atoms with Gasteiger partial charge in [0, 0.05) is 12.5 Å². The highest BCUT2D eigenvalue weighted by Gasteiger charge is 2.11. The van der Waals surface area contributed by atoms with Crippen LogP contribution in [0.15, 0.2) is 23.0 Å². The number of esters is 1. The molecule has 1 atom stereocenters. The van der Waals surface area contributed by atoms with Crippen molar-refractivity contribution < 1.29 is 13.9 Å². The highest BCUT2D eigenvalue weighted by atomic mass is 16.5. The molecule has 0 spiro atoms. The molecule has 0 amide bonds. The SMILES string of the molecule is C#CC(OC(C)=O)c1ccoc1. The van der Waals surface area contributed by atoms with Crippen LogP contribution in [-0.4, -0.2) is 5.97 Å². The third kappa shape index (κ3) is 1.89. The molecular formula is C9H8O3. The van der Waals surface area contributed by atoms with Crippen molar-refractivity contribution in [1.82, 2.24) is 0 Å². The van der Waals surface area contributed by atoms with Crippen LogP contribution in [0.5, 0.6) is 0 Å². The van der Waals surface area contributed by atoms with Gasteiger partial charge in [-0.15, -0.1) is 6.42 Å². The number of hydrogen-bond acceptors (Lipinski definition) is 3. The highest BCUT2D eigenvalue weighted by Crippen LogP contribution is 2.16. The average Bonchev–Trinajstić information content (AvgIpc) is 2.51. The Bertz CT molecular complexity index is 292. The van der Waals surface area contributed by atoms with Crippen molar-refractivity contribution >= 4 is 5.97 Å². The number of ether oxygens (including phenoxy) is 1. The summed E-state index contributed by atoms with van der Waals surface area (Å²) < 4.78 is 9.60. The van der Waals surface area contributed by atoms with E-state index in [1.807, 2.05) is 0 Å². The van der Waals surface area contributed by atoms with Crippen LogP contribution in [0, 0.1) is 12.3 Å². The highest BCUT2D eigenvalue weighted by molar-refractivity contribution is 5.66. The molecule has 3 nitrogen and oxygen atoms in total. The Balaban J connectivity index is 2.72. The Morgan fingerprint density at radius 1 is 1.83 bits per heavy atom. The van der Waals surface area contributed by atoms with E-state index in [2.05, 4.69) is 5.92 Å². The molecule has 1 aromatic rings. The van der Waals surface area contributed by atoms with Crippen molar-refractivity contribution in [3.8, 4) is 12.3 Å². The van der Waals surface area contributed by atoms with E-state index in [1.54, 1.807) is 6.07 Å². The first-order chi connectivity index (χ1) is 5.74. The molecule has 0 radical (unpaired) electrons. The standard InChI is InChI=1S/C9H8O3/c1-3-9(12-7(2)10)8-4-5-11-6-8/h1,4-6,9H,2H3. The van der Waals surface area contributed by atoms with Gasteiger partial charge in [-0.1, -0.05) is 5.92 Å². The fourth-order valence-electron chi connectivity index (χ4n) is 0.788. The van der Waals surface area contributed by atoms with Crippen LogP contribution in [0.1, 0.15) is 18.6 Å². The van der Waals surface area contributed by atoms with Crippen molar-refractivity contribution in [2.75, 3.05) is 0 Å². The Morgan fingerprint density at radius 3 is 3.00 bits per heavy atom. The van der Waals surface area contributed by atoms with Crippen LogP contribution in [0.4, 0.5) is 0 Å². The summed E-state index contributed by atoms with van der Waals surface area (Å²) in [5.74, 6) is 1.93. The van der Waals surface area contributed by atoms with Gasteiger partial charge in [0.25, 0.3) is 0 Å². The molecule has 62 valence electrons. The first-order valence-corrected chi connectivity index (χ1v) is 3.39. The van der Waals surface area contributed by atoms with E-state index in [4.69, 9.17) is 15.6 Å². The molecule has 12 heavy (non-hydrogen) atoms. The number of hydrogen-bond donors (Lipinski definition) is 0. The monoisotopic (exact) mass is 164 g/mol. The topological polar surface area (TPSA) is 39.4 Å². The van der Waals surface area contributed by atoms with Gasteiger partial charge in [-0.2, -0.15) is 0 Å². The summed E-state index contributed by atoms with van der Waals surface area (Å²) in [6, 6.07) is 1.66. The first-order valence-electron chi connectivity index (χ1n) is 3.39. The summed E-state index contributed by atoms with van der Waals surface area (Å²) in [7, 11) is 0. The van der Waals surface area contributed by atoms with Crippen LogP contribution in [0.3, 0.4) is 0 Å². The summed E-state index contributed by atoms with van der Waals surface area (Å²) in [6.07, 6.45) is 7.43. The van der Waals surface area contributed by atoms with Gasteiger partial charge in [0.1, 0.15) is 0 Å². The lowest BCUT2D eigenvalue weighted by molar-refractivity contribution is -0.144. The fraction of sp³-hybridized carbons (Fsp3) is 0.222. The van der Waals surface area contributed by atoms with Crippen molar-refractivity contribution in [2.24, 2.45) is 0 Å². The van der Waals surface area contributed by atoms with E-state index in [0.29, 0.717) is 5.56 Å². The number of carbonyl (C=O) groups excluding carboxylic acids is 1. The molecule has 0 fully saturated rings. The van der Waals surface area contributed by atoms with E-state index >= 15 is 0 Å². The van der Waals surface area contributed by atoms with Gasteiger partial charge >= 0.3 is 5.97 Å². The number of furan rings is 1. The zero-order valence-corrected chi connectivity index (χ0v) is 6.61. The van der Waals surface area contributed by atoms with Crippen LogP contribution < -0.4 is 0 Å². The largest absolute Gasteiger partial charge is 0.472 e. The molecule has 1 rings (SSSR count). The molecule has 0 aliphatic rings. The zero-order chi connectivity index (χ0) is 8.97. The first kappa shape index (κ1) is 8.41. The Morgan fingerprint density at radius 2 is 2.58 bits per heavy atom. The molecule has 1 heterocycles. The molecule has 0 saturated carbocycles. The van der Waals surface area contributed by atoms with Crippen LogP contribution in [0.25, 0.3) is 0 Å². The average molecular weight is 164 g/mol. The van der Waals surface area contributed by atoms with Crippen molar-refractivity contribution in [1.29, 1.82) is 0 Å². The van der Waals surface area contributed by atoms with E-state index in [-0.39, 0.29) is 0 Å². The molecule has 1 unspecified atom stereocenters. The van der Waals surface area contributed by atoms with E-state index in [0.717, 1.165) is 0 Å².